The van der Waals surface area contributed by atoms with Gasteiger partial charge in [0.1, 0.15) is 6.04 Å². The first-order valence-electron chi connectivity index (χ1n) is 2.88. The van der Waals surface area contributed by atoms with Crippen molar-refractivity contribution in [3.63, 3.8) is 0 Å². The highest BCUT2D eigenvalue weighted by Crippen LogP contribution is 1.94. The number of hydrogen-bond acceptors (Lipinski definition) is 4. The van der Waals surface area contributed by atoms with Crippen LogP contribution in [0.4, 0.5) is 0 Å². The molecule has 1 aromatic rings. The molecular weight excluding hydrogens is 132 g/mol. The minimum atomic E-state index is -0.0972. The Bertz CT molecular complexity index is 205. The van der Waals surface area contributed by atoms with Gasteiger partial charge in [0.05, 0.1) is 18.6 Å². The van der Waals surface area contributed by atoms with E-state index in [-0.39, 0.29) is 6.04 Å². The van der Waals surface area contributed by atoms with E-state index in [2.05, 4.69) is 15.4 Å². The van der Waals surface area contributed by atoms with Crippen LogP contribution in [0.25, 0.3) is 0 Å². The van der Waals surface area contributed by atoms with Crippen LogP contribution in [0, 0.1) is 0 Å². The maximum Gasteiger partial charge on any atom is 0.107 e. The summed E-state index contributed by atoms with van der Waals surface area (Å²) in [7, 11) is 0. The molecule has 1 unspecified atom stereocenters. The maximum absolute atomic E-state index is 8.14. The highest BCUT2D eigenvalue weighted by Gasteiger charge is 1.99. The Labute approximate surface area is 58.0 Å². The lowest BCUT2D eigenvalue weighted by Gasteiger charge is -2.00. The van der Waals surface area contributed by atoms with E-state index in [4.69, 9.17) is 5.21 Å². The summed E-state index contributed by atoms with van der Waals surface area (Å²) in [5.74, 6) is 0. The number of nitrogens with zero attached hydrogens (tertiary/aromatic N) is 4. The Kier molecular flexibility index (Phi) is 1.99. The van der Waals surface area contributed by atoms with Crippen LogP contribution in [0.1, 0.15) is 13.0 Å². The van der Waals surface area contributed by atoms with Crippen LogP contribution in [0.2, 0.25) is 0 Å². The summed E-state index contributed by atoms with van der Waals surface area (Å²) in [6, 6.07) is -0.0972. The summed E-state index contributed by atoms with van der Waals surface area (Å²) in [6.45, 7) is 1.82. The van der Waals surface area contributed by atoms with Gasteiger partial charge in [0, 0.05) is 0 Å². The zero-order valence-electron chi connectivity index (χ0n) is 5.55. The van der Waals surface area contributed by atoms with Crippen LogP contribution < -0.4 is 0 Å². The second-order valence-corrected chi connectivity index (χ2v) is 1.85. The third-order valence-electron chi connectivity index (χ3n) is 1.08. The summed E-state index contributed by atoms with van der Waals surface area (Å²) in [4.78, 5) is 1.44. The topological polar surface area (TPSA) is 63.3 Å². The van der Waals surface area contributed by atoms with Crippen molar-refractivity contribution in [2.45, 2.75) is 13.0 Å². The molecule has 0 aliphatic rings. The molecule has 10 heavy (non-hydrogen) atoms. The Morgan fingerprint density at radius 3 is 2.70 bits per heavy atom. The predicted molar refractivity (Wildman–Crippen MR) is 35.0 cm³/mol. The smallest absolute Gasteiger partial charge is 0.107 e. The fourth-order valence-electron chi connectivity index (χ4n) is 0.592. The summed E-state index contributed by atoms with van der Waals surface area (Å²) in [5, 5.41) is 18.7. The first-order chi connectivity index (χ1) is 4.84. The molecule has 0 bridgehead atoms. The summed E-state index contributed by atoms with van der Waals surface area (Å²) < 4.78 is 0. The molecule has 0 spiro atoms. The van der Waals surface area contributed by atoms with E-state index < -0.39 is 0 Å². The molecule has 0 fully saturated rings. The van der Waals surface area contributed by atoms with Crippen molar-refractivity contribution < 1.29 is 5.21 Å². The SMILES string of the molecule is CC(/C=N/O)n1nccn1. The molecule has 54 valence electrons. The van der Waals surface area contributed by atoms with Crippen molar-refractivity contribution in [3.05, 3.63) is 12.4 Å². The summed E-state index contributed by atoms with van der Waals surface area (Å²) in [6.07, 6.45) is 4.49. The summed E-state index contributed by atoms with van der Waals surface area (Å²) >= 11 is 0. The molecule has 0 aliphatic heterocycles. The van der Waals surface area contributed by atoms with E-state index in [0.717, 1.165) is 0 Å². The monoisotopic (exact) mass is 140 g/mol. The molecule has 1 rings (SSSR count). The Morgan fingerprint density at radius 1 is 1.60 bits per heavy atom. The van der Waals surface area contributed by atoms with Crippen LogP contribution in [-0.2, 0) is 0 Å². The van der Waals surface area contributed by atoms with Gasteiger partial charge in [-0.05, 0) is 6.92 Å². The lowest BCUT2D eigenvalue weighted by atomic mass is 10.4. The van der Waals surface area contributed by atoms with Crippen molar-refractivity contribution in [1.82, 2.24) is 15.0 Å². The molecule has 0 aliphatic carbocycles. The molecule has 0 radical (unpaired) electrons. The molecule has 0 aromatic carbocycles. The third-order valence-corrected chi connectivity index (χ3v) is 1.08. The van der Waals surface area contributed by atoms with Crippen LogP contribution in [0.15, 0.2) is 17.5 Å². The largest absolute Gasteiger partial charge is 0.411 e. The molecule has 1 heterocycles. The van der Waals surface area contributed by atoms with E-state index in [1.807, 2.05) is 6.92 Å². The third kappa shape index (κ3) is 1.31. The fourth-order valence-corrected chi connectivity index (χ4v) is 0.592. The van der Waals surface area contributed by atoms with E-state index >= 15 is 0 Å². The van der Waals surface area contributed by atoms with Crippen LogP contribution in [-0.4, -0.2) is 26.4 Å². The zero-order valence-corrected chi connectivity index (χ0v) is 5.55. The van der Waals surface area contributed by atoms with Gasteiger partial charge in [-0.2, -0.15) is 15.0 Å². The van der Waals surface area contributed by atoms with Crippen LogP contribution in [0.3, 0.4) is 0 Å². The summed E-state index contributed by atoms with van der Waals surface area (Å²) in [5.41, 5.74) is 0. The molecule has 0 saturated heterocycles. The zero-order chi connectivity index (χ0) is 7.40. The highest BCUT2D eigenvalue weighted by molar-refractivity contribution is 5.60. The average Bonchev–Trinajstić information content (AvgIpc) is 2.38. The Morgan fingerprint density at radius 2 is 2.20 bits per heavy atom. The molecule has 5 heteroatoms. The van der Waals surface area contributed by atoms with Crippen molar-refractivity contribution in [2.24, 2.45) is 5.16 Å². The molecule has 1 atom stereocenters. The molecule has 5 nitrogen and oxygen atoms in total. The minimum absolute atomic E-state index is 0.0972. The van der Waals surface area contributed by atoms with Gasteiger partial charge < -0.3 is 5.21 Å². The van der Waals surface area contributed by atoms with E-state index in [1.165, 1.54) is 11.0 Å². The minimum Gasteiger partial charge on any atom is -0.411 e. The van der Waals surface area contributed by atoms with Crippen molar-refractivity contribution in [2.75, 3.05) is 0 Å². The van der Waals surface area contributed by atoms with Gasteiger partial charge in [-0.15, -0.1) is 0 Å². The van der Waals surface area contributed by atoms with Gasteiger partial charge >= 0.3 is 0 Å². The van der Waals surface area contributed by atoms with Gasteiger partial charge in [0.25, 0.3) is 0 Å². The number of aromatic nitrogens is 3. The van der Waals surface area contributed by atoms with Crippen LogP contribution >= 0.6 is 0 Å². The average molecular weight is 140 g/mol. The number of hydrogen-bond donors (Lipinski definition) is 1. The van der Waals surface area contributed by atoms with E-state index in [1.54, 1.807) is 12.4 Å². The fraction of sp³-hybridized carbons (Fsp3) is 0.400. The van der Waals surface area contributed by atoms with Crippen molar-refractivity contribution in [3.8, 4) is 0 Å². The lowest BCUT2D eigenvalue weighted by Crippen LogP contribution is -2.09. The maximum atomic E-state index is 8.14. The first-order valence-corrected chi connectivity index (χ1v) is 2.88. The van der Waals surface area contributed by atoms with Gasteiger partial charge in [-0.25, -0.2) is 0 Å². The molecule has 0 amide bonds. The quantitative estimate of drug-likeness (QED) is 0.365. The van der Waals surface area contributed by atoms with E-state index in [0.29, 0.717) is 0 Å². The number of oxime groups is 1. The van der Waals surface area contributed by atoms with Gasteiger partial charge in [-0.1, -0.05) is 5.16 Å². The molecule has 0 saturated carbocycles. The molecular formula is C5H8N4O. The molecule has 1 N–H and O–H groups in total. The van der Waals surface area contributed by atoms with Crippen molar-refractivity contribution >= 4 is 6.21 Å². The van der Waals surface area contributed by atoms with Gasteiger partial charge in [0.15, 0.2) is 0 Å². The van der Waals surface area contributed by atoms with Gasteiger partial charge in [0.2, 0.25) is 0 Å². The normalized spacial score (nSPS) is 14.1. The van der Waals surface area contributed by atoms with Crippen molar-refractivity contribution in [1.29, 1.82) is 0 Å². The second-order valence-electron chi connectivity index (χ2n) is 1.85. The predicted octanol–water partition coefficient (Wildman–Crippen LogP) is 0.299. The van der Waals surface area contributed by atoms with E-state index in [9.17, 15) is 0 Å². The Hall–Kier alpha value is -1.39. The second kappa shape index (κ2) is 2.95. The van der Waals surface area contributed by atoms with Crippen LogP contribution in [0.5, 0.6) is 0 Å². The lowest BCUT2D eigenvalue weighted by molar-refractivity contribution is 0.317. The van der Waals surface area contributed by atoms with Gasteiger partial charge in [-0.3, -0.25) is 0 Å². The highest BCUT2D eigenvalue weighted by atomic mass is 16.4. The first kappa shape index (κ1) is 6.73. The number of rotatable bonds is 2. The molecule has 1 aromatic heterocycles. The standard InChI is InChI=1S/C5H8N4O/c1-5(4-8-10)9-6-2-3-7-9/h2-5,10H,1H3/b8-4+. The Balaban J connectivity index is 2.67.